The first-order chi connectivity index (χ1) is 7.23. The van der Waals surface area contributed by atoms with Crippen LogP contribution in [0.3, 0.4) is 0 Å². The second-order valence-corrected chi connectivity index (χ2v) is 3.76. The molecule has 16 heavy (non-hydrogen) atoms. The first-order valence-corrected chi connectivity index (χ1v) is 4.68. The van der Waals surface area contributed by atoms with Gasteiger partial charge in [-0.05, 0) is 29.7 Å². The van der Waals surface area contributed by atoms with Gasteiger partial charge in [-0.15, -0.1) is 0 Å². The predicted molar refractivity (Wildman–Crippen MR) is 52.5 cm³/mol. The van der Waals surface area contributed by atoms with Crippen molar-refractivity contribution >= 4 is 5.97 Å². The first-order valence-electron chi connectivity index (χ1n) is 4.68. The molecule has 0 saturated heterocycles. The van der Waals surface area contributed by atoms with Gasteiger partial charge in [0.15, 0.2) is 0 Å². The summed E-state index contributed by atoms with van der Waals surface area (Å²) in [6, 6.07) is 2.68. The number of hydrogen-bond acceptors (Lipinski definition) is 1. The zero-order chi connectivity index (χ0) is 12.5. The maximum absolute atomic E-state index is 12.4. The van der Waals surface area contributed by atoms with Crippen molar-refractivity contribution in [3.05, 3.63) is 34.9 Å². The second kappa shape index (κ2) is 4.15. The standard InChI is InChI=1S/C11H11F3O2/c1-6(2)9-5-7(11(12,13)14)3-4-8(9)10(15)16/h3-6H,1-2H3,(H,15,16). The SMILES string of the molecule is CC(C)c1cc(C(F)(F)F)ccc1C(=O)O. The number of aromatic carboxylic acids is 1. The van der Waals surface area contributed by atoms with Crippen molar-refractivity contribution in [2.45, 2.75) is 25.9 Å². The van der Waals surface area contributed by atoms with Crippen LogP contribution in [-0.4, -0.2) is 11.1 Å². The van der Waals surface area contributed by atoms with E-state index in [1.165, 1.54) is 0 Å². The van der Waals surface area contributed by atoms with Crippen LogP contribution in [0.2, 0.25) is 0 Å². The molecule has 0 atom stereocenters. The van der Waals surface area contributed by atoms with Crippen LogP contribution >= 0.6 is 0 Å². The van der Waals surface area contributed by atoms with Crippen molar-refractivity contribution in [3.8, 4) is 0 Å². The number of halogens is 3. The molecular formula is C11H11F3O2. The van der Waals surface area contributed by atoms with Gasteiger partial charge in [-0.1, -0.05) is 13.8 Å². The fourth-order valence-electron chi connectivity index (χ4n) is 1.41. The largest absolute Gasteiger partial charge is 0.478 e. The minimum atomic E-state index is -4.44. The molecule has 0 aliphatic rings. The summed E-state index contributed by atoms with van der Waals surface area (Å²) in [6.45, 7) is 3.31. The molecule has 0 aliphatic carbocycles. The van der Waals surface area contributed by atoms with E-state index in [9.17, 15) is 18.0 Å². The van der Waals surface area contributed by atoms with Crippen molar-refractivity contribution in [1.82, 2.24) is 0 Å². The highest BCUT2D eigenvalue weighted by Crippen LogP contribution is 2.32. The summed E-state index contributed by atoms with van der Waals surface area (Å²) in [5.41, 5.74) is -0.702. The van der Waals surface area contributed by atoms with E-state index in [1.807, 2.05) is 0 Å². The maximum atomic E-state index is 12.4. The minimum Gasteiger partial charge on any atom is -0.478 e. The third-order valence-corrected chi connectivity index (χ3v) is 2.23. The van der Waals surface area contributed by atoms with E-state index in [0.717, 1.165) is 18.2 Å². The maximum Gasteiger partial charge on any atom is 0.416 e. The van der Waals surface area contributed by atoms with Gasteiger partial charge >= 0.3 is 12.1 Å². The monoisotopic (exact) mass is 232 g/mol. The molecule has 0 saturated carbocycles. The lowest BCUT2D eigenvalue weighted by molar-refractivity contribution is -0.137. The molecule has 0 unspecified atom stereocenters. The molecule has 1 aromatic carbocycles. The zero-order valence-electron chi connectivity index (χ0n) is 8.80. The Morgan fingerprint density at radius 2 is 1.88 bits per heavy atom. The number of carbonyl (C=O) groups is 1. The fraction of sp³-hybridized carbons (Fsp3) is 0.364. The van der Waals surface area contributed by atoms with Crippen molar-refractivity contribution in [3.63, 3.8) is 0 Å². The third kappa shape index (κ3) is 2.53. The Balaban J connectivity index is 3.34. The van der Waals surface area contributed by atoms with Crippen molar-refractivity contribution in [2.75, 3.05) is 0 Å². The number of alkyl halides is 3. The van der Waals surface area contributed by atoms with Gasteiger partial charge in [0.25, 0.3) is 0 Å². The Kier molecular flexibility index (Phi) is 3.26. The second-order valence-electron chi connectivity index (χ2n) is 3.76. The Morgan fingerprint density at radius 1 is 1.31 bits per heavy atom. The molecule has 1 rings (SSSR count). The van der Waals surface area contributed by atoms with Gasteiger partial charge in [0.2, 0.25) is 0 Å². The van der Waals surface area contributed by atoms with Gasteiger partial charge < -0.3 is 5.11 Å². The number of carboxylic acids is 1. The average Bonchev–Trinajstić information content (AvgIpc) is 2.15. The lowest BCUT2D eigenvalue weighted by Gasteiger charge is -2.13. The Hall–Kier alpha value is -1.52. The van der Waals surface area contributed by atoms with Gasteiger partial charge in [0.1, 0.15) is 0 Å². The van der Waals surface area contributed by atoms with Crippen LogP contribution in [0.15, 0.2) is 18.2 Å². The van der Waals surface area contributed by atoms with Crippen LogP contribution < -0.4 is 0 Å². The van der Waals surface area contributed by atoms with E-state index >= 15 is 0 Å². The number of carboxylic acid groups (broad SMARTS) is 1. The van der Waals surface area contributed by atoms with Crippen LogP contribution in [-0.2, 0) is 6.18 Å². The van der Waals surface area contributed by atoms with Crippen molar-refractivity contribution in [2.24, 2.45) is 0 Å². The summed E-state index contributed by atoms with van der Waals surface area (Å²) in [6.07, 6.45) is -4.44. The highest BCUT2D eigenvalue weighted by atomic mass is 19.4. The van der Waals surface area contributed by atoms with E-state index in [-0.39, 0.29) is 17.0 Å². The molecule has 0 fully saturated rings. The molecule has 1 aromatic rings. The Bertz CT molecular complexity index is 408. The van der Waals surface area contributed by atoms with Gasteiger partial charge in [-0.2, -0.15) is 13.2 Å². The predicted octanol–water partition coefficient (Wildman–Crippen LogP) is 3.53. The molecule has 0 radical (unpaired) electrons. The molecule has 2 nitrogen and oxygen atoms in total. The van der Waals surface area contributed by atoms with Crippen LogP contribution in [0.1, 0.15) is 41.3 Å². The normalized spacial score (nSPS) is 11.9. The lowest BCUT2D eigenvalue weighted by Crippen LogP contribution is -2.10. The highest BCUT2D eigenvalue weighted by Gasteiger charge is 2.31. The zero-order valence-corrected chi connectivity index (χ0v) is 8.80. The summed E-state index contributed by atoms with van der Waals surface area (Å²) < 4.78 is 37.3. The van der Waals surface area contributed by atoms with E-state index in [0.29, 0.717) is 0 Å². The molecule has 0 amide bonds. The summed E-state index contributed by atoms with van der Waals surface area (Å²) >= 11 is 0. The van der Waals surface area contributed by atoms with Crippen LogP contribution in [0, 0.1) is 0 Å². The van der Waals surface area contributed by atoms with Crippen LogP contribution in [0.4, 0.5) is 13.2 Å². The van der Waals surface area contributed by atoms with Crippen LogP contribution in [0.25, 0.3) is 0 Å². The van der Waals surface area contributed by atoms with Gasteiger partial charge in [0.05, 0.1) is 11.1 Å². The molecule has 0 aromatic heterocycles. The van der Waals surface area contributed by atoms with E-state index < -0.39 is 17.7 Å². The molecule has 1 N–H and O–H groups in total. The van der Waals surface area contributed by atoms with E-state index in [4.69, 9.17) is 5.11 Å². The van der Waals surface area contributed by atoms with Crippen molar-refractivity contribution < 1.29 is 23.1 Å². The van der Waals surface area contributed by atoms with Crippen LogP contribution in [0.5, 0.6) is 0 Å². The molecule has 88 valence electrons. The van der Waals surface area contributed by atoms with Crippen molar-refractivity contribution in [1.29, 1.82) is 0 Å². The van der Waals surface area contributed by atoms with Gasteiger partial charge in [-0.25, -0.2) is 4.79 Å². The molecule has 0 aliphatic heterocycles. The lowest BCUT2D eigenvalue weighted by atomic mass is 9.95. The molecule has 5 heteroatoms. The number of rotatable bonds is 2. The molecule has 0 heterocycles. The average molecular weight is 232 g/mol. The molecule has 0 spiro atoms. The highest BCUT2D eigenvalue weighted by molar-refractivity contribution is 5.89. The van der Waals surface area contributed by atoms with Gasteiger partial charge in [-0.3, -0.25) is 0 Å². The molecule has 0 bridgehead atoms. The molecular weight excluding hydrogens is 221 g/mol. The minimum absolute atomic E-state index is 0.0806. The Morgan fingerprint density at radius 3 is 2.25 bits per heavy atom. The first kappa shape index (κ1) is 12.5. The fourth-order valence-corrected chi connectivity index (χ4v) is 1.41. The topological polar surface area (TPSA) is 37.3 Å². The van der Waals surface area contributed by atoms with E-state index in [1.54, 1.807) is 13.8 Å². The quantitative estimate of drug-likeness (QED) is 0.846. The Labute approximate surface area is 90.7 Å². The third-order valence-electron chi connectivity index (χ3n) is 2.23. The number of benzene rings is 1. The summed E-state index contributed by atoms with van der Waals surface area (Å²) in [5, 5.41) is 8.83. The number of hydrogen-bond donors (Lipinski definition) is 1. The summed E-state index contributed by atoms with van der Waals surface area (Å²) in [4.78, 5) is 10.8. The smallest absolute Gasteiger partial charge is 0.416 e. The summed E-state index contributed by atoms with van der Waals surface area (Å²) in [7, 11) is 0. The summed E-state index contributed by atoms with van der Waals surface area (Å²) in [5.74, 6) is -1.48. The van der Waals surface area contributed by atoms with E-state index in [2.05, 4.69) is 0 Å². The van der Waals surface area contributed by atoms with Gasteiger partial charge in [0, 0.05) is 0 Å².